The van der Waals surface area contributed by atoms with Gasteiger partial charge in [-0.05, 0) is 63.5 Å². The van der Waals surface area contributed by atoms with Gasteiger partial charge in [0.2, 0.25) is 5.91 Å². The molecule has 1 atom stereocenters. The van der Waals surface area contributed by atoms with Crippen molar-refractivity contribution < 1.29 is 9.53 Å². The van der Waals surface area contributed by atoms with E-state index in [0.29, 0.717) is 13.2 Å². The fourth-order valence-electron chi connectivity index (χ4n) is 4.84. The summed E-state index contributed by atoms with van der Waals surface area (Å²) in [5.41, 5.74) is 1.19. The molecule has 3 heterocycles. The summed E-state index contributed by atoms with van der Waals surface area (Å²) in [5.74, 6) is 0.918. The van der Waals surface area contributed by atoms with Crippen molar-refractivity contribution in [3.8, 4) is 5.75 Å². The molecule has 2 aliphatic heterocycles. The van der Waals surface area contributed by atoms with Crippen molar-refractivity contribution in [1.82, 2.24) is 20.1 Å². The first-order valence-corrected chi connectivity index (χ1v) is 11.1. The molecule has 2 aliphatic rings. The maximum Gasteiger partial charge on any atom is 0.246 e. The fourth-order valence-corrected chi connectivity index (χ4v) is 4.84. The normalized spacial score (nSPS) is 22.3. The number of hydrogen-bond donors (Lipinski definition) is 1. The van der Waals surface area contributed by atoms with Crippen molar-refractivity contribution in [3.63, 3.8) is 0 Å². The van der Waals surface area contributed by atoms with Gasteiger partial charge in [0.25, 0.3) is 0 Å². The first-order chi connectivity index (χ1) is 14.7. The van der Waals surface area contributed by atoms with E-state index >= 15 is 0 Å². The summed E-state index contributed by atoms with van der Waals surface area (Å²) in [7, 11) is 1.71. The molecule has 6 heteroatoms. The fraction of sp³-hybridized carbons (Fsp3) is 0.500. The Bertz CT molecular complexity index is 838. The molecule has 2 fully saturated rings. The number of amides is 1. The summed E-state index contributed by atoms with van der Waals surface area (Å²) in [5, 5.41) is 2.88. The lowest BCUT2D eigenvalue weighted by Gasteiger charge is -2.36. The molecular weight excluding hydrogens is 376 g/mol. The molecule has 1 aromatic carbocycles. The topological polar surface area (TPSA) is 57.7 Å². The van der Waals surface area contributed by atoms with E-state index in [0.717, 1.165) is 42.9 Å². The van der Waals surface area contributed by atoms with Crippen molar-refractivity contribution in [2.24, 2.45) is 0 Å². The highest BCUT2D eigenvalue weighted by Gasteiger charge is 2.49. The van der Waals surface area contributed by atoms with Crippen LogP contribution in [0.15, 0.2) is 48.7 Å². The molecule has 2 aromatic rings. The Morgan fingerprint density at radius 1 is 1.10 bits per heavy atom. The SMILES string of the molecule is CNC(=O)C1(c2ccccn2)CCCN1Cc1ccccc1OCCN1CCCC1. The summed E-state index contributed by atoms with van der Waals surface area (Å²) in [6, 6.07) is 14.0. The number of ether oxygens (including phenoxy) is 1. The number of hydrogen-bond acceptors (Lipinski definition) is 5. The second-order valence-electron chi connectivity index (χ2n) is 8.18. The van der Waals surface area contributed by atoms with Crippen molar-refractivity contribution in [2.45, 2.75) is 37.8 Å². The van der Waals surface area contributed by atoms with E-state index < -0.39 is 5.54 Å². The van der Waals surface area contributed by atoms with Gasteiger partial charge in [-0.1, -0.05) is 24.3 Å². The Morgan fingerprint density at radius 2 is 1.90 bits per heavy atom. The maximum absolute atomic E-state index is 13.1. The van der Waals surface area contributed by atoms with Crippen molar-refractivity contribution in [3.05, 3.63) is 59.9 Å². The number of likely N-dealkylation sites (tertiary alicyclic amines) is 2. The molecule has 1 N–H and O–H groups in total. The zero-order valence-electron chi connectivity index (χ0n) is 17.8. The monoisotopic (exact) mass is 408 g/mol. The third kappa shape index (κ3) is 4.20. The first-order valence-electron chi connectivity index (χ1n) is 11.1. The number of pyridine rings is 1. The van der Waals surface area contributed by atoms with Crippen LogP contribution in [-0.4, -0.2) is 60.5 Å². The van der Waals surface area contributed by atoms with Crippen LogP contribution in [0.2, 0.25) is 0 Å². The van der Waals surface area contributed by atoms with Crippen LogP contribution in [0, 0.1) is 0 Å². The van der Waals surface area contributed by atoms with Gasteiger partial charge in [0.1, 0.15) is 17.9 Å². The van der Waals surface area contributed by atoms with Crippen molar-refractivity contribution >= 4 is 5.91 Å². The Kier molecular flexibility index (Phi) is 6.65. The molecule has 1 amide bonds. The van der Waals surface area contributed by atoms with E-state index in [4.69, 9.17) is 4.74 Å². The summed E-state index contributed by atoms with van der Waals surface area (Å²) in [6.45, 7) is 5.52. The summed E-state index contributed by atoms with van der Waals surface area (Å²) in [6.07, 6.45) is 6.08. The number of likely N-dealkylation sites (N-methyl/N-ethyl adjacent to an activating group) is 1. The highest BCUT2D eigenvalue weighted by atomic mass is 16.5. The lowest BCUT2D eigenvalue weighted by molar-refractivity contribution is -0.132. The Balaban J connectivity index is 1.53. The number of nitrogens with zero attached hydrogens (tertiary/aromatic N) is 3. The molecule has 4 rings (SSSR count). The molecular formula is C24H32N4O2. The molecule has 0 spiro atoms. The maximum atomic E-state index is 13.1. The van der Waals surface area contributed by atoms with Gasteiger partial charge in [0.05, 0.1) is 5.69 Å². The number of rotatable bonds is 8. The molecule has 1 unspecified atom stereocenters. The number of nitrogens with one attached hydrogen (secondary N) is 1. The Morgan fingerprint density at radius 3 is 2.67 bits per heavy atom. The smallest absolute Gasteiger partial charge is 0.246 e. The number of aromatic nitrogens is 1. The standard InChI is InChI=1S/C24H32N4O2/c1-25-23(29)24(22-11-4-5-13-26-22)12-8-16-28(24)19-20-9-2-3-10-21(20)30-18-17-27-14-6-7-15-27/h2-5,9-11,13H,6-8,12,14-19H2,1H3,(H,25,29). The van der Waals surface area contributed by atoms with E-state index in [1.807, 2.05) is 36.4 Å². The molecule has 0 saturated carbocycles. The van der Waals surface area contributed by atoms with E-state index in [1.54, 1.807) is 13.2 Å². The molecule has 0 aliphatic carbocycles. The summed E-state index contributed by atoms with van der Waals surface area (Å²) >= 11 is 0. The minimum Gasteiger partial charge on any atom is -0.492 e. The zero-order chi connectivity index (χ0) is 20.8. The predicted molar refractivity (Wildman–Crippen MR) is 117 cm³/mol. The van der Waals surface area contributed by atoms with E-state index in [9.17, 15) is 4.79 Å². The van der Waals surface area contributed by atoms with Crippen LogP contribution in [-0.2, 0) is 16.9 Å². The van der Waals surface area contributed by atoms with Crippen molar-refractivity contribution in [1.29, 1.82) is 0 Å². The average Bonchev–Trinajstić information content (AvgIpc) is 3.46. The predicted octanol–water partition coefficient (Wildman–Crippen LogP) is 2.79. The van der Waals surface area contributed by atoms with Crippen LogP contribution < -0.4 is 10.1 Å². The third-order valence-corrected chi connectivity index (χ3v) is 6.40. The largest absolute Gasteiger partial charge is 0.492 e. The number of carbonyl (C=O) groups is 1. The number of benzene rings is 1. The first kappa shape index (κ1) is 20.8. The number of para-hydroxylation sites is 1. The van der Waals surface area contributed by atoms with Gasteiger partial charge >= 0.3 is 0 Å². The van der Waals surface area contributed by atoms with Crippen LogP contribution in [0.4, 0.5) is 0 Å². The lowest BCUT2D eigenvalue weighted by Crippen LogP contribution is -2.52. The Hall–Kier alpha value is -2.44. The molecule has 2 saturated heterocycles. The highest BCUT2D eigenvalue weighted by molar-refractivity contribution is 5.87. The van der Waals surface area contributed by atoms with Crippen LogP contribution in [0.5, 0.6) is 5.75 Å². The minimum absolute atomic E-state index is 0.00568. The average molecular weight is 409 g/mol. The van der Waals surface area contributed by atoms with Gasteiger partial charge in [-0.15, -0.1) is 0 Å². The molecule has 160 valence electrons. The number of carbonyl (C=O) groups excluding carboxylic acids is 1. The van der Waals surface area contributed by atoms with E-state index in [-0.39, 0.29) is 5.91 Å². The van der Waals surface area contributed by atoms with Crippen molar-refractivity contribution in [2.75, 3.05) is 39.8 Å². The molecule has 6 nitrogen and oxygen atoms in total. The van der Waals surface area contributed by atoms with Gasteiger partial charge < -0.3 is 10.1 Å². The second kappa shape index (κ2) is 9.58. The van der Waals surface area contributed by atoms with Gasteiger partial charge in [0.15, 0.2) is 0 Å². The Labute approximate surface area is 179 Å². The zero-order valence-corrected chi connectivity index (χ0v) is 17.8. The van der Waals surface area contributed by atoms with E-state index in [2.05, 4.69) is 26.2 Å². The van der Waals surface area contributed by atoms with Gasteiger partial charge in [0, 0.05) is 31.9 Å². The third-order valence-electron chi connectivity index (χ3n) is 6.40. The van der Waals surface area contributed by atoms with Crippen LogP contribution in [0.25, 0.3) is 0 Å². The second-order valence-corrected chi connectivity index (χ2v) is 8.18. The molecule has 30 heavy (non-hydrogen) atoms. The molecule has 1 aromatic heterocycles. The minimum atomic E-state index is -0.737. The van der Waals surface area contributed by atoms with Crippen LogP contribution >= 0.6 is 0 Å². The van der Waals surface area contributed by atoms with E-state index in [1.165, 1.54) is 25.9 Å². The van der Waals surface area contributed by atoms with Crippen LogP contribution in [0.1, 0.15) is 36.9 Å². The summed E-state index contributed by atoms with van der Waals surface area (Å²) in [4.78, 5) is 22.4. The van der Waals surface area contributed by atoms with Gasteiger partial charge in [-0.3, -0.25) is 19.6 Å². The molecule has 0 bridgehead atoms. The van der Waals surface area contributed by atoms with Gasteiger partial charge in [-0.2, -0.15) is 0 Å². The quantitative estimate of drug-likeness (QED) is 0.728. The highest BCUT2D eigenvalue weighted by Crippen LogP contribution is 2.40. The van der Waals surface area contributed by atoms with Crippen LogP contribution in [0.3, 0.4) is 0 Å². The summed E-state index contributed by atoms with van der Waals surface area (Å²) < 4.78 is 6.19. The molecule has 0 radical (unpaired) electrons. The van der Waals surface area contributed by atoms with Gasteiger partial charge in [-0.25, -0.2) is 0 Å². The lowest BCUT2D eigenvalue weighted by atomic mass is 9.89.